The zero-order valence-corrected chi connectivity index (χ0v) is 11.4. The molecule has 3 rings (SSSR count). The molecule has 0 atom stereocenters. The predicted molar refractivity (Wildman–Crippen MR) is 77.7 cm³/mol. The Kier molecular flexibility index (Phi) is 2.97. The van der Waals surface area contributed by atoms with E-state index in [9.17, 15) is 4.79 Å². The lowest BCUT2D eigenvalue weighted by atomic mass is 10.1. The average Bonchev–Trinajstić information content (AvgIpc) is 3.02. The van der Waals surface area contributed by atoms with E-state index in [-0.39, 0.29) is 11.7 Å². The number of carbonyl (C=O) groups is 1. The van der Waals surface area contributed by atoms with Crippen molar-refractivity contribution >= 4 is 33.1 Å². The number of aromatic nitrogens is 2. The Morgan fingerprint density at radius 1 is 1.45 bits per heavy atom. The van der Waals surface area contributed by atoms with Gasteiger partial charge in [0.25, 0.3) is 5.91 Å². The van der Waals surface area contributed by atoms with Crippen LogP contribution in [0.15, 0.2) is 35.8 Å². The van der Waals surface area contributed by atoms with Gasteiger partial charge in [0, 0.05) is 28.7 Å². The summed E-state index contributed by atoms with van der Waals surface area (Å²) in [6, 6.07) is 9.72. The number of benzene rings is 1. The van der Waals surface area contributed by atoms with E-state index >= 15 is 0 Å². The zero-order valence-electron chi connectivity index (χ0n) is 10.6. The van der Waals surface area contributed by atoms with Gasteiger partial charge in [0.2, 0.25) is 0 Å². The molecule has 3 aromatic rings. The van der Waals surface area contributed by atoms with Crippen LogP contribution in [0.5, 0.6) is 0 Å². The van der Waals surface area contributed by atoms with Crippen molar-refractivity contribution in [1.29, 1.82) is 5.26 Å². The lowest BCUT2D eigenvalue weighted by molar-refractivity contribution is 0.102. The van der Waals surface area contributed by atoms with Gasteiger partial charge in [-0.25, -0.2) is 0 Å². The number of amides is 1. The van der Waals surface area contributed by atoms with Crippen molar-refractivity contribution < 1.29 is 4.79 Å². The van der Waals surface area contributed by atoms with Crippen LogP contribution < -0.4 is 5.32 Å². The molecule has 0 aliphatic rings. The highest BCUT2D eigenvalue weighted by molar-refractivity contribution is 7.17. The Hall–Kier alpha value is -2.65. The lowest BCUT2D eigenvalue weighted by Crippen LogP contribution is -2.12. The van der Waals surface area contributed by atoms with E-state index in [1.165, 1.54) is 16.0 Å². The molecule has 6 heteroatoms. The van der Waals surface area contributed by atoms with Gasteiger partial charge in [-0.3, -0.25) is 9.48 Å². The first-order valence-corrected chi connectivity index (χ1v) is 6.78. The van der Waals surface area contributed by atoms with Crippen LogP contribution in [0, 0.1) is 11.3 Å². The van der Waals surface area contributed by atoms with Gasteiger partial charge >= 0.3 is 0 Å². The molecule has 0 aliphatic carbocycles. The molecule has 0 saturated heterocycles. The highest BCUT2D eigenvalue weighted by atomic mass is 32.1. The minimum Gasteiger partial charge on any atom is -0.304 e. The third kappa shape index (κ3) is 2.04. The van der Waals surface area contributed by atoms with E-state index in [0.717, 1.165) is 10.1 Å². The third-order valence-corrected chi connectivity index (χ3v) is 3.87. The molecule has 0 spiro atoms. The molecule has 0 bridgehead atoms. The van der Waals surface area contributed by atoms with E-state index in [0.29, 0.717) is 11.1 Å². The van der Waals surface area contributed by atoms with Crippen LogP contribution in [0.4, 0.5) is 5.82 Å². The molecule has 5 nitrogen and oxygen atoms in total. The summed E-state index contributed by atoms with van der Waals surface area (Å²) in [5.41, 5.74) is 0.945. The zero-order chi connectivity index (χ0) is 14.1. The van der Waals surface area contributed by atoms with Crippen LogP contribution in [-0.2, 0) is 7.05 Å². The van der Waals surface area contributed by atoms with Crippen molar-refractivity contribution in [2.75, 3.05) is 5.32 Å². The fourth-order valence-electron chi connectivity index (χ4n) is 1.99. The fraction of sp³-hybridized carbons (Fsp3) is 0.0714. The first kappa shape index (κ1) is 12.4. The molecule has 1 aromatic carbocycles. The third-order valence-electron chi connectivity index (χ3n) is 2.91. The average molecular weight is 282 g/mol. The number of aryl methyl sites for hydroxylation is 1. The monoisotopic (exact) mass is 282 g/mol. The van der Waals surface area contributed by atoms with Crippen LogP contribution in [0.25, 0.3) is 10.1 Å². The first-order chi connectivity index (χ1) is 9.69. The molecule has 98 valence electrons. The Morgan fingerprint density at radius 3 is 3.05 bits per heavy atom. The maximum Gasteiger partial charge on any atom is 0.258 e. The fourth-order valence-corrected chi connectivity index (χ4v) is 2.93. The summed E-state index contributed by atoms with van der Waals surface area (Å²) in [4.78, 5) is 12.3. The highest BCUT2D eigenvalue weighted by Gasteiger charge is 2.15. The SMILES string of the molecule is Cn1cc(C#N)c(NC(=O)c2csc3ccccc23)n1. The van der Waals surface area contributed by atoms with Crippen LogP contribution >= 0.6 is 11.3 Å². The van der Waals surface area contributed by atoms with Gasteiger partial charge in [0.1, 0.15) is 11.6 Å². The van der Waals surface area contributed by atoms with Crippen molar-refractivity contribution in [3.63, 3.8) is 0 Å². The van der Waals surface area contributed by atoms with Crippen molar-refractivity contribution in [2.24, 2.45) is 7.05 Å². The van der Waals surface area contributed by atoms with Crippen LogP contribution in [0.3, 0.4) is 0 Å². The number of rotatable bonds is 2. The largest absolute Gasteiger partial charge is 0.304 e. The number of fused-ring (bicyclic) bond motifs is 1. The maximum atomic E-state index is 12.3. The number of nitrogens with zero attached hydrogens (tertiary/aromatic N) is 3. The molecule has 0 radical (unpaired) electrons. The summed E-state index contributed by atoms with van der Waals surface area (Å²) in [6.07, 6.45) is 1.57. The summed E-state index contributed by atoms with van der Waals surface area (Å²) < 4.78 is 2.55. The maximum absolute atomic E-state index is 12.3. The minimum atomic E-state index is -0.252. The van der Waals surface area contributed by atoms with Crippen molar-refractivity contribution in [2.45, 2.75) is 0 Å². The molecule has 1 N–H and O–H groups in total. The van der Waals surface area contributed by atoms with E-state index in [4.69, 9.17) is 5.26 Å². The summed E-state index contributed by atoms with van der Waals surface area (Å²) >= 11 is 1.52. The minimum absolute atomic E-state index is 0.252. The number of thiophene rings is 1. The van der Waals surface area contributed by atoms with Crippen molar-refractivity contribution in [3.8, 4) is 6.07 Å². The van der Waals surface area contributed by atoms with Gasteiger partial charge < -0.3 is 5.32 Å². The lowest BCUT2D eigenvalue weighted by Gasteiger charge is -2.01. The van der Waals surface area contributed by atoms with Crippen molar-refractivity contribution in [3.05, 3.63) is 47.0 Å². The van der Waals surface area contributed by atoms with E-state index in [2.05, 4.69) is 10.4 Å². The first-order valence-electron chi connectivity index (χ1n) is 5.90. The second-order valence-electron chi connectivity index (χ2n) is 4.28. The normalized spacial score (nSPS) is 10.4. The van der Waals surface area contributed by atoms with Crippen molar-refractivity contribution in [1.82, 2.24) is 9.78 Å². The standard InChI is InChI=1S/C14H10N4OS/c1-18-7-9(6-15)13(17-18)16-14(19)11-8-20-12-5-3-2-4-10(11)12/h2-5,7-8H,1H3,(H,16,17,19). The summed E-state index contributed by atoms with van der Waals surface area (Å²) in [5, 5.41) is 18.5. The molecular weight excluding hydrogens is 272 g/mol. The van der Waals surface area contributed by atoms with E-state index < -0.39 is 0 Å². The molecule has 2 aromatic heterocycles. The number of anilines is 1. The van der Waals surface area contributed by atoms with Crippen LogP contribution in [-0.4, -0.2) is 15.7 Å². The molecular formula is C14H10N4OS. The van der Waals surface area contributed by atoms with E-state index in [1.54, 1.807) is 13.2 Å². The Labute approximate surface area is 119 Å². The Balaban J connectivity index is 1.95. The van der Waals surface area contributed by atoms with Crippen LogP contribution in [0.2, 0.25) is 0 Å². The highest BCUT2D eigenvalue weighted by Crippen LogP contribution is 2.26. The summed E-state index contributed by atoms with van der Waals surface area (Å²) in [6.45, 7) is 0. The molecule has 20 heavy (non-hydrogen) atoms. The van der Waals surface area contributed by atoms with Gasteiger partial charge in [-0.15, -0.1) is 11.3 Å². The number of nitriles is 1. The van der Waals surface area contributed by atoms with Gasteiger partial charge in [-0.05, 0) is 6.07 Å². The second-order valence-corrected chi connectivity index (χ2v) is 5.19. The number of hydrogen-bond acceptors (Lipinski definition) is 4. The number of hydrogen-bond donors (Lipinski definition) is 1. The second kappa shape index (κ2) is 4.79. The molecule has 0 unspecified atom stereocenters. The molecule has 0 fully saturated rings. The van der Waals surface area contributed by atoms with Gasteiger partial charge in [0.05, 0.1) is 5.56 Å². The predicted octanol–water partition coefficient (Wildman–Crippen LogP) is 2.76. The Bertz CT molecular complexity index is 840. The number of carbonyl (C=O) groups excluding carboxylic acids is 1. The molecule has 0 aliphatic heterocycles. The van der Waals surface area contributed by atoms with Crippen LogP contribution in [0.1, 0.15) is 15.9 Å². The Morgan fingerprint density at radius 2 is 2.25 bits per heavy atom. The smallest absolute Gasteiger partial charge is 0.258 e. The number of nitrogens with one attached hydrogen (secondary N) is 1. The molecule has 2 heterocycles. The molecule has 1 amide bonds. The summed E-state index contributed by atoms with van der Waals surface area (Å²) in [7, 11) is 1.70. The molecule has 0 saturated carbocycles. The quantitative estimate of drug-likeness (QED) is 0.785. The van der Waals surface area contributed by atoms with Gasteiger partial charge in [-0.1, -0.05) is 18.2 Å². The van der Waals surface area contributed by atoms with Gasteiger partial charge in [0.15, 0.2) is 5.82 Å². The van der Waals surface area contributed by atoms with Gasteiger partial charge in [-0.2, -0.15) is 10.4 Å². The van der Waals surface area contributed by atoms with E-state index in [1.807, 2.05) is 35.7 Å². The summed E-state index contributed by atoms with van der Waals surface area (Å²) in [5.74, 6) is 0.0351. The topological polar surface area (TPSA) is 70.7 Å².